The van der Waals surface area contributed by atoms with Crippen LogP contribution in [0.2, 0.25) is 0 Å². The van der Waals surface area contributed by atoms with E-state index in [9.17, 15) is 9.59 Å². The summed E-state index contributed by atoms with van der Waals surface area (Å²) < 4.78 is 5.18. The number of hydrogen-bond acceptors (Lipinski definition) is 3. The fourth-order valence-electron chi connectivity index (χ4n) is 3.51. The lowest BCUT2D eigenvalue weighted by molar-refractivity contribution is -0.154. The van der Waals surface area contributed by atoms with Crippen molar-refractivity contribution in [2.24, 2.45) is 23.7 Å². The number of halogens is 1. The maximum atomic E-state index is 11.6. The molecule has 0 radical (unpaired) electrons. The molecule has 5 heteroatoms. The van der Waals surface area contributed by atoms with Crippen molar-refractivity contribution in [2.75, 3.05) is 0 Å². The van der Waals surface area contributed by atoms with E-state index in [0.717, 1.165) is 12.8 Å². The topological polar surface area (TPSA) is 63.6 Å². The van der Waals surface area contributed by atoms with Crippen molar-refractivity contribution in [1.29, 1.82) is 0 Å². The van der Waals surface area contributed by atoms with Gasteiger partial charge in [-0.25, -0.2) is 0 Å². The molecular weight excluding hydrogens is 220 g/mol. The van der Waals surface area contributed by atoms with Gasteiger partial charge in [0, 0.05) is 5.92 Å². The summed E-state index contributed by atoms with van der Waals surface area (Å²) in [7, 11) is 0. The summed E-state index contributed by atoms with van der Waals surface area (Å²) in [6.45, 7) is 0. The predicted octanol–water partition coefficient (Wildman–Crippen LogP) is 0.876. The van der Waals surface area contributed by atoms with E-state index in [0.29, 0.717) is 0 Å². The smallest absolute Gasteiger partial charge is 0.310 e. The highest BCUT2D eigenvalue weighted by atomic mass is 35.5. The molecule has 1 aliphatic heterocycles. The predicted molar refractivity (Wildman–Crippen MR) is 50.4 cm³/mol. The lowest BCUT2D eigenvalue weighted by atomic mass is 9.58. The van der Waals surface area contributed by atoms with Gasteiger partial charge in [0.1, 0.15) is 6.10 Å². The Labute approximate surface area is 91.5 Å². The van der Waals surface area contributed by atoms with E-state index < -0.39 is 17.8 Å². The second-order valence-corrected chi connectivity index (χ2v) is 5.14. The van der Waals surface area contributed by atoms with Gasteiger partial charge in [-0.1, -0.05) is 0 Å². The minimum atomic E-state index is -0.905. The van der Waals surface area contributed by atoms with E-state index in [2.05, 4.69) is 0 Å². The van der Waals surface area contributed by atoms with Crippen molar-refractivity contribution in [3.63, 3.8) is 0 Å². The van der Waals surface area contributed by atoms with Gasteiger partial charge >= 0.3 is 11.9 Å². The van der Waals surface area contributed by atoms with Crippen LogP contribution in [-0.2, 0) is 14.3 Å². The van der Waals surface area contributed by atoms with Crippen molar-refractivity contribution in [1.82, 2.24) is 0 Å². The highest BCUT2D eigenvalue weighted by molar-refractivity contribution is 6.22. The quantitative estimate of drug-likeness (QED) is 0.537. The number of ether oxygens (including phenoxy) is 1. The second kappa shape index (κ2) is 2.88. The van der Waals surface area contributed by atoms with Gasteiger partial charge < -0.3 is 9.84 Å². The Morgan fingerprint density at radius 1 is 1.40 bits per heavy atom. The van der Waals surface area contributed by atoms with Crippen molar-refractivity contribution in [2.45, 2.75) is 24.3 Å². The molecule has 4 bridgehead atoms. The van der Waals surface area contributed by atoms with Crippen molar-refractivity contribution >= 4 is 23.5 Å². The molecule has 3 aliphatic carbocycles. The van der Waals surface area contributed by atoms with E-state index >= 15 is 0 Å². The molecule has 6 atom stereocenters. The van der Waals surface area contributed by atoms with Crippen molar-refractivity contribution in [3.05, 3.63) is 0 Å². The number of hydrogen-bond donors (Lipinski definition) is 1. The third kappa shape index (κ3) is 1.03. The standard InChI is InChI=1S/C10H11ClO4/c11-7-3-1-2-4-6(5(3)9(12)13)10(14)15-8(4)7/h3-8H,1-2H2,(H,12,13)/t3-,4+,5-,6-,7+,8-/m0/s1. The number of esters is 1. The minimum absolute atomic E-state index is 0.0334. The second-order valence-electron chi connectivity index (χ2n) is 4.64. The zero-order chi connectivity index (χ0) is 10.7. The monoisotopic (exact) mass is 230 g/mol. The molecule has 82 valence electrons. The first kappa shape index (κ1) is 9.46. The lowest BCUT2D eigenvalue weighted by Crippen LogP contribution is -2.53. The number of carboxylic acid groups (broad SMARTS) is 1. The Bertz CT molecular complexity index is 342. The number of carbonyl (C=O) groups excluding carboxylic acids is 1. The highest BCUT2D eigenvalue weighted by Crippen LogP contribution is 2.55. The fourth-order valence-corrected chi connectivity index (χ4v) is 4.03. The summed E-state index contributed by atoms with van der Waals surface area (Å²) >= 11 is 6.17. The van der Waals surface area contributed by atoms with Gasteiger partial charge in [-0.2, -0.15) is 0 Å². The molecule has 0 aromatic carbocycles. The first-order valence-corrected chi connectivity index (χ1v) is 5.62. The van der Waals surface area contributed by atoms with Crippen LogP contribution in [0.15, 0.2) is 0 Å². The maximum Gasteiger partial charge on any atom is 0.310 e. The van der Waals surface area contributed by atoms with Crippen LogP contribution in [0.5, 0.6) is 0 Å². The SMILES string of the molecule is O=C(O)[C@H]1[C@@H]2CC[C@H]3[C@H](OC(=O)[C@@H]31)[C@@H]2Cl. The van der Waals surface area contributed by atoms with Gasteiger partial charge in [0.2, 0.25) is 0 Å². The normalized spacial score (nSPS) is 51.7. The summed E-state index contributed by atoms with van der Waals surface area (Å²) in [5.41, 5.74) is 0. The van der Waals surface area contributed by atoms with Gasteiger partial charge in [0.05, 0.1) is 17.2 Å². The molecule has 3 saturated carbocycles. The number of alkyl halides is 1. The number of aliphatic carboxylic acids is 1. The number of carboxylic acids is 1. The molecule has 1 N–H and O–H groups in total. The Morgan fingerprint density at radius 2 is 2.07 bits per heavy atom. The molecule has 4 aliphatic rings. The fraction of sp³-hybridized carbons (Fsp3) is 0.800. The van der Waals surface area contributed by atoms with E-state index in [4.69, 9.17) is 21.4 Å². The van der Waals surface area contributed by atoms with Crippen LogP contribution in [0.25, 0.3) is 0 Å². The Balaban J connectivity index is 2.05. The summed E-state index contributed by atoms with van der Waals surface area (Å²) in [6.07, 6.45) is 1.44. The molecule has 0 unspecified atom stereocenters. The van der Waals surface area contributed by atoms with Gasteiger partial charge in [-0.3, -0.25) is 9.59 Å². The van der Waals surface area contributed by atoms with Crippen molar-refractivity contribution in [3.8, 4) is 0 Å². The Hall–Kier alpha value is -0.770. The third-order valence-corrected chi connectivity index (χ3v) is 4.67. The summed E-state index contributed by atoms with van der Waals surface area (Å²) in [5.74, 6) is -2.40. The van der Waals surface area contributed by atoms with Crippen LogP contribution in [-0.4, -0.2) is 28.5 Å². The Kier molecular flexibility index (Phi) is 1.81. The van der Waals surface area contributed by atoms with Crippen LogP contribution < -0.4 is 0 Å². The number of rotatable bonds is 1. The minimum Gasteiger partial charge on any atom is -0.481 e. The molecule has 0 amide bonds. The van der Waals surface area contributed by atoms with Crippen LogP contribution in [0, 0.1) is 23.7 Å². The van der Waals surface area contributed by atoms with E-state index in [1.54, 1.807) is 0 Å². The lowest BCUT2D eigenvalue weighted by Gasteiger charge is -2.45. The summed E-state index contributed by atoms with van der Waals surface area (Å²) in [4.78, 5) is 22.7. The van der Waals surface area contributed by atoms with E-state index in [1.165, 1.54) is 0 Å². The molecule has 0 spiro atoms. The van der Waals surface area contributed by atoms with Crippen molar-refractivity contribution < 1.29 is 19.4 Å². The van der Waals surface area contributed by atoms with Crippen LogP contribution in [0.3, 0.4) is 0 Å². The van der Waals surface area contributed by atoms with Crippen LogP contribution in [0.1, 0.15) is 12.8 Å². The van der Waals surface area contributed by atoms with Crippen LogP contribution >= 0.6 is 11.6 Å². The van der Waals surface area contributed by atoms with E-state index in [-0.39, 0.29) is 29.3 Å². The molecule has 15 heavy (non-hydrogen) atoms. The Morgan fingerprint density at radius 3 is 2.73 bits per heavy atom. The molecule has 4 fully saturated rings. The van der Waals surface area contributed by atoms with Crippen LogP contribution in [0.4, 0.5) is 0 Å². The highest BCUT2D eigenvalue weighted by Gasteiger charge is 2.64. The summed E-state index contributed by atoms with van der Waals surface area (Å²) in [6, 6.07) is 0. The van der Waals surface area contributed by atoms with Gasteiger partial charge in [0.15, 0.2) is 0 Å². The van der Waals surface area contributed by atoms with Gasteiger partial charge in [-0.05, 0) is 18.8 Å². The molecule has 4 nitrogen and oxygen atoms in total. The first-order valence-electron chi connectivity index (χ1n) is 5.18. The maximum absolute atomic E-state index is 11.6. The third-order valence-electron chi connectivity index (χ3n) is 4.10. The van der Waals surface area contributed by atoms with Gasteiger partial charge in [-0.15, -0.1) is 11.6 Å². The summed E-state index contributed by atoms with van der Waals surface area (Å²) in [5, 5.41) is 8.84. The number of fused-ring (bicyclic) bond motifs is 1. The molecule has 4 rings (SSSR count). The molecular formula is C10H11ClO4. The molecule has 0 aromatic rings. The average molecular weight is 231 g/mol. The largest absolute Gasteiger partial charge is 0.481 e. The zero-order valence-electron chi connectivity index (χ0n) is 7.93. The zero-order valence-corrected chi connectivity index (χ0v) is 8.68. The first-order chi connectivity index (χ1) is 7.11. The molecule has 1 heterocycles. The molecule has 0 aromatic heterocycles. The van der Waals surface area contributed by atoms with E-state index in [1.807, 2.05) is 0 Å². The van der Waals surface area contributed by atoms with Gasteiger partial charge in [0.25, 0.3) is 0 Å². The average Bonchev–Trinajstić information content (AvgIpc) is 2.49. The number of carbonyl (C=O) groups is 2. The molecule has 1 saturated heterocycles.